The zero-order valence-electron chi connectivity index (χ0n) is 10.3. The summed E-state index contributed by atoms with van der Waals surface area (Å²) in [5, 5.41) is 12.9. The molecular formula is C14H16N2O2. The molecule has 0 fully saturated rings. The molecular weight excluding hydrogens is 228 g/mol. The first kappa shape index (κ1) is 12.4. The Morgan fingerprint density at radius 3 is 2.94 bits per heavy atom. The lowest BCUT2D eigenvalue weighted by molar-refractivity contribution is -0.137. The Hall–Kier alpha value is -2.10. The summed E-state index contributed by atoms with van der Waals surface area (Å²) in [5.74, 6) is -0.757. The van der Waals surface area contributed by atoms with Crippen molar-refractivity contribution in [3.8, 4) is 0 Å². The van der Waals surface area contributed by atoms with Crippen LogP contribution in [0.5, 0.6) is 0 Å². The number of anilines is 1. The van der Waals surface area contributed by atoms with Gasteiger partial charge >= 0.3 is 5.97 Å². The van der Waals surface area contributed by atoms with E-state index < -0.39 is 5.97 Å². The number of fused-ring (bicyclic) bond motifs is 1. The Kier molecular flexibility index (Phi) is 3.77. The van der Waals surface area contributed by atoms with Gasteiger partial charge in [0.05, 0.1) is 5.52 Å². The highest BCUT2D eigenvalue weighted by Gasteiger charge is 2.03. The van der Waals surface area contributed by atoms with Crippen molar-refractivity contribution >= 4 is 22.6 Å². The Labute approximate surface area is 106 Å². The van der Waals surface area contributed by atoms with E-state index in [1.165, 1.54) is 0 Å². The molecule has 1 aromatic carbocycles. The molecule has 0 aliphatic carbocycles. The van der Waals surface area contributed by atoms with Crippen LogP contribution in [0.2, 0.25) is 0 Å². The average Bonchev–Trinajstić information content (AvgIpc) is 2.34. The zero-order chi connectivity index (χ0) is 13.0. The standard InChI is InChI=1S/C14H16N2O2/c1-10-9-13(15-8-4-7-14(17)18)11-5-2-3-6-12(11)16-10/h2-3,5-6,9H,4,7-8H2,1H3,(H,15,16)(H,17,18). The molecule has 2 aromatic rings. The van der Waals surface area contributed by atoms with Crippen LogP contribution in [-0.4, -0.2) is 22.6 Å². The van der Waals surface area contributed by atoms with Crippen LogP contribution in [0.4, 0.5) is 5.69 Å². The molecule has 0 spiro atoms. The highest BCUT2D eigenvalue weighted by atomic mass is 16.4. The van der Waals surface area contributed by atoms with Crippen molar-refractivity contribution in [2.45, 2.75) is 19.8 Å². The number of para-hydroxylation sites is 1. The van der Waals surface area contributed by atoms with Crippen molar-refractivity contribution in [3.05, 3.63) is 36.0 Å². The number of nitrogens with one attached hydrogen (secondary N) is 1. The van der Waals surface area contributed by atoms with Gasteiger partial charge in [-0.2, -0.15) is 0 Å². The number of nitrogens with zero attached hydrogens (tertiary/aromatic N) is 1. The number of carbonyl (C=O) groups is 1. The molecule has 0 aliphatic heterocycles. The summed E-state index contributed by atoms with van der Waals surface area (Å²) in [5.41, 5.74) is 2.93. The minimum Gasteiger partial charge on any atom is -0.481 e. The molecule has 94 valence electrons. The summed E-state index contributed by atoms with van der Waals surface area (Å²) in [7, 11) is 0. The number of carboxylic acid groups (broad SMARTS) is 1. The molecule has 4 heteroatoms. The molecule has 0 amide bonds. The molecule has 0 saturated carbocycles. The zero-order valence-corrected chi connectivity index (χ0v) is 10.3. The molecule has 2 rings (SSSR count). The largest absolute Gasteiger partial charge is 0.481 e. The fourth-order valence-electron chi connectivity index (χ4n) is 1.92. The van der Waals surface area contributed by atoms with E-state index in [2.05, 4.69) is 10.3 Å². The van der Waals surface area contributed by atoms with Crippen molar-refractivity contribution in [2.75, 3.05) is 11.9 Å². The fraction of sp³-hybridized carbons (Fsp3) is 0.286. The van der Waals surface area contributed by atoms with Crippen molar-refractivity contribution < 1.29 is 9.90 Å². The Morgan fingerprint density at radius 2 is 2.17 bits per heavy atom. The first-order chi connectivity index (χ1) is 8.66. The molecule has 0 saturated heterocycles. The molecule has 0 atom stereocenters. The molecule has 1 aromatic heterocycles. The van der Waals surface area contributed by atoms with Gasteiger partial charge < -0.3 is 10.4 Å². The van der Waals surface area contributed by atoms with Crippen LogP contribution in [0.3, 0.4) is 0 Å². The summed E-state index contributed by atoms with van der Waals surface area (Å²) in [6.07, 6.45) is 0.806. The topological polar surface area (TPSA) is 62.2 Å². The number of pyridine rings is 1. The van der Waals surface area contributed by atoms with Gasteiger partial charge in [0, 0.05) is 29.7 Å². The number of hydrogen-bond donors (Lipinski definition) is 2. The predicted molar refractivity (Wildman–Crippen MR) is 71.8 cm³/mol. The highest BCUT2D eigenvalue weighted by Crippen LogP contribution is 2.22. The van der Waals surface area contributed by atoms with Gasteiger partial charge in [-0.3, -0.25) is 9.78 Å². The van der Waals surface area contributed by atoms with Gasteiger partial charge in [-0.15, -0.1) is 0 Å². The second-order valence-corrected chi connectivity index (χ2v) is 4.25. The van der Waals surface area contributed by atoms with E-state index in [-0.39, 0.29) is 6.42 Å². The van der Waals surface area contributed by atoms with Crippen LogP contribution >= 0.6 is 0 Å². The third kappa shape index (κ3) is 2.97. The van der Waals surface area contributed by atoms with Crippen molar-refractivity contribution in [1.29, 1.82) is 0 Å². The molecule has 0 unspecified atom stereocenters. The summed E-state index contributed by atoms with van der Waals surface area (Å²) in [6.45, 7) is 2.61. The molecule has 4 nitrogen and oxygen atoms in total. The van der Waals surface area contributed by atoms with Gasteiger partial charge in [-0.1, -0.05) is 18.2 Å². The maximum absolute atomic E-state index is 10.4. The number of aryl methyl sites for hydroxylation is 1. The smallest absolute Gasteiger partial charge is 0.303 e. The molecule has 1 heterocycles. The summed E-state index contributed by atoms with van der Waals surface area (Å²) >= 11 is 0. The van der Waals surface area contributed by atoms with Gasteiger partial charge in [0.25, 0.3) is 0 Å². The number of rotatable bonds is 5. The maximum Gasteiger partial charge on any atom is 0.303 e. The van der Waals surface area contributed by atoms with Crippen molar-refractivity contribution in [1.82, 2.24) is 4.98 Å². The lowest BCUT2D eigenvalue weighted by Crippen LogP contribution is -2.05. The van der Waals surface area contributed by atoms with Crippen LogP contribution in [0.1, 0.15) is 18.5 Å². The first-order valence-electron chi connectivity index (χ1n) is 5.99. The minimum absolute atomic E-state index is 0.189. The normalized spacial score (nSPS) is 10.5. The summed E-state index contributed by atoms with van der Waals surface area (Å²) < 4.78 is 0. The second kappa shape index (κ2) is 5.49. The quantitative estimate of drug-likeness (QED) is 0.794. The number of aliphatic carboxylic acids is 1. The Morgan fingerprint density at radius 1 is 1.39 bits per heavy atom. The first-order valence-corrected chi connectivity index (χ1v) is 5.99. The second-order valence-electron chi connectivity index (χ2n) is 4.25. The van der Waals surface area contributed by atoms with Crippen molar-refractivity contribution in [3.63, 3.8) is 0 Å². The van der Waals surface area contributed by atoms with E-state index in [0.717, 1.165) is 22.3 Å². The van der Waals surface area contributed by atoms with E-state index in [4.69, 9.17) is 5.11 Å². The van der Waals surface area contributed by atoms with Crippen LogP contribution in [-0.2, 0) is 4.79 Å². The lowest BCUT2D eigenvalue weighted by Gasteiger charge is -2.10. The van der Waals surface area contributed by atoms with E-state index in [1.54, 1.807) is 0 Å². The van der Waals surface area contributed by atoms with Gasteiger partial charge in [-0.25, -0.2) is 0 Å². The molecule has 0 radical (unpaired) electrons. The minimum atomic E-state index is -0.757. The van der Waals surface area contributed by atoms with Gasteiger partial charge in [-0.05, 0) is 25.5 Å². The average molecular weight is 244 g/mol. The van der Waals surface area contributed by atoms with E-state index in [0.29, 0.717) is 13.0 Å². The Bertz CT molecular complexity index is 567. The lowest BCUT2D eigenvalue weighted by atomic mass is 10.1. The number of carboxylic acids is 1. The highest BCUT2D eigenvalue weighted by molar-refractivity contribution is 5.91. The number of aromatic nitrogens is 1. The van der Waals surface area contributed by atoms with Gasteiger partial charge in [0.1, 0.15) is 0 Å². The monoisotopic (exact) mass is 244 g/mol. The number of benzene rings is 1. The fourth-order valence-corrected chi connectivity index (χ4v) is 1.92. The van der Waals surface area contributed by atoms with Crippen LogP contribution in [0.25, 0.3) is 10.9 Å². The third-order valence-electron chi connectivity index (χ3n) is 2.73. The predicted octanol–water partition coefficient (Wildman–Crippen LogP) is 2.82. The summed E-state index contributed by atoms with van der Waals surface area (Å²) in [4.78, 5) is 14.9. The van der Waals surface area contributed by atoms with E-state index >= 15 is 0 Å². The van der Waals surface area contributed by atoms with Crippen LogP contribution in [0.15, 0.2) is 30.3 Å². The van der Waals surface area contributed by atoms with Gasteiger partial charge in [0.2, 0.25) is 0 Å². The van der Waals surface area contributed by atoms with Crippen LogP contribution < -0.4 is 5.32 Å². The van der Waals surface area contributed by atoms with Gasteiger partial charge in [0.15, 0.2) is 0 Å². The molecule has 0 aliphatic rings. The Balaban J connectivity index is 2.14. The van der Waals surface area contributed by atoms with Crippen LogP contribution in [0, 0.1) is 6.92 Å². The van der Waals surface area contributed by atoms with E-state index in [9.17, 15) is 4.79 Å². The van der Waals surface area contributed by atoms with Crippen molar-refractivity contribution in [2.24, 2.45) is 0 Å². The molecule has 2 N–H and O–H groups in total. The molecule has 0 bridgehead atoms. The SMILES string of the molecule is Cc1cc(NCCCC(=O)O)c2ccccc2n1. The van der Waals surface area contributed by atoms with E-state index in [1.807, 2.05) is 37.3 Å². The molecule has 18 heavy (non-hydrogen) atoms. The number of hydrogen-bond acceptors (Lipinski definition) is 3. The maximum atomic E-state index is 10.4. The third-order valence-corrected chi connectivity index (χ3v) is 2.73. The summed E-state index contributed by atoms with van der Waals surface area (Å²) in [6, 6.07) is 9.92.